The van der Waals surface area contributed by atoms with E-state index in [0.29, 0.717) is 11.6 Å². The summed E-state index contributed by atoms with van der Waals surface area (Å²) in [5.74, 6) is 1.45. The number of hydrogen-bond donors (Lipinski definition) is 2. The van der Waals surface area contributed by atoms with Gasteiger partial charge in [-0.05, 0) is 38.5 Å². The molecule has 33 heavy (non-hydrogen) atoms. The van der Waals surface area contributed by atoms with Crippen molar-refractivity contribution in [1.82, 2.24) is 24.7 Å². The molecule has 182 valence electrons. The molecule has 0 bridgehead atoms. The van der Waals surface area contributed by atoms with Crippen LogP contribution in [-0.2, 0) is 25.0 Å². The van der Waals surface area contributed by atoms with Crippen LogP contribution in [0.15, 0.2) is 12.4 Å². The molecule has 2 saturated carbocycles. The van der Waals surface area contributed by atoms with E-state index >= 15 is 0 Å². The van der Waals surface area contributed by atoms with Gasteiger partial charge in [-0.25, -0.2) is 18.4 Å². The minimum atomic E-state index is -3.96. The second-order valence-corrected chi connectivity index (χ2v) is 11.3. The number of nitrogens with zero attached hydrogens (tertiary/aromatic N) is 5. The van der Waals surface area contributed by atoms with Crippen LogP contribution in [0.4, 0.5) is 5.95 Å². The van der Waals surface area contributed by atoms with E-state index in [-0.39, 0.29) is 35.8 Å². The predicted molar refractivity (Wildman–Crippen MR) is 120 cm³/mol. The van der Waals surface area contributed by atoms with Crippen LogP contribution in [0, 0.1) is 5.92 Å². The predicted octanol–water partition coefficient (Wildman–Crippen LogP) is 1.86. The van der Waals surface area contributed by atoms with Crippen LogP contribution in [0.3, 0.4) is 0 Å². The molecule has 2 fully saturated rings. The molecule has 2 heterocycles. The van der Waals surface area contributed by atoms with Gasteiger partial charge in [0.25, 0.3) is 0 Å². The van der Waals surface area contributed by atoms with E-state index in [1.54, 1.807) is 7.11 Å². The highest BCUT2D eigenvalue weighted by Gasteiger charge is 2.50. The molecule has 0 aliphatic heterocycles. The average molecular weight is 501 g/mol. The van der Waals surface area contributed by atoms with Crippen molar-refractivity contribution in [3.05, 3.63) is 29.1 Å². The van der Waals surface area contributed by atoms with E-state index in [2.05, 4.69) is 24.9 Å². The van der Waals surface area contributed by atoms with Crippen molar-refractivity contribution in [1.29, 1.82) is 0 Å². The molecule has 2 N–H and O–H groups in total. The largest absolute Gasteiger partial charge is 0.396 e. The summed E-state index contributed by atoms with van der Waals surface area (Å²) in [4.78, 5) is 8.23. The molecule has 13 heteroatoms. The van der Waals surface area contributed by atoms with Crippen molar-refractivity contribution in [3.63, 3.8) is 0 Å². The lowest BCUT2D eigenvalue weighted by Gasteiger charge is -2.35. The fraction of sp³-hybridized carbons (Fsp3) is 0.700. The number of halogens is 1. The van der Waals surface area contributed by atoms with Gasteiger partial charge in [0, 0.05) is 39.1 Å². The van der Waals surface area contributed by atoms with Gasteiger partial charge in [0.15, 0.2) is 5.82 Å². The van der Waals surface area contributed by atoms with E-state index in [9.17, 15) is 13.5 Å². The summed E-state index contributed by atoms with van der Waals surface area (Å²) < 4.78 is 42.1. The first-order valence-corrected chi connectivity index (χ1v) is 12.7. The van der Waals surface area contributed by atoms with Crippen molar-refractivity contribution < 1.29 is 23.0 Å². The first-order chi connectivity index (χ1) is 15.7. The smallest absolute Gasteiger partial charge is 0.240 e. The Morgan fingerprint density at radius 2 is 1.94 bits per heavy atom. The highest BCUT2D eigenvalue weighted by atomic mass is 35.5. The molecule has 0 radical (unpaired) electrons. The Kier molecular flexibility index (Phi) is 6.92. The second-order valence-electron chi connectivity index (χ2n) is 8.86. The molecule has 2 aromatic rings. The maximum Gasteiger partial charge on any atom is 0.240 e. The minimum absolute atomic E-state index is 0.119. The molecule has 0 unspecified atom stereocenters. The Morgan fingerprint density at radius 3 is 2.48 bits per heavy atom. The summed E-state index contributed by atoms with van der Waals surface area (Å²) in [6.07, 6.45) is 5.14. The van der Waals surface area contributed by atoms with Gasteiger partial charge in [-0.15, -0.1) is 10.2 Å². The lowest BCUT2D eigenvalue weighted by Crippen LogP contribution is -2.36. The zero-order valence-electron chi connectivity index (χ0n) is 18.8. The zero-order chi connectivity index (χ0) is 23.8. The molecule has 0 aromatic carbocycles. The lowest BCUT2D eigenvalue weighted by molar-refractivity contribution is 0.0950. The Hall–Kier alpha value is -1.86. The van der Waals surface area contributed by atoms with Gasteiger partial charge in [-0.2, -0.15) is 0 Å². The average Bonchev–Trinajstić information content (AvgIpc) is 3.41. The van der Waals surface area contributed by atoms with E-state index < -0.39 is 21.4 Å². The van der Waals surface area contributed by atoms with Crippen LogP contribution in [-0.4, -0.2) is 70.9 Å². The van der Waals surface area contributed by atoms with Crippen LogP contribution < -0.4 is 4.72 Å². The summed E-state index contributed by atoms with van der Waals surface area (Å²) in [6, 6.07) is 0. The van der Waals surface area contributed by atoms with Gasteiger partial charge in [0.05, 0.1) is 17.2 Å². The van der Waals surface area contributed by atoms with Gasteiger partial charge >= 0.3 is 0 Å². The number of sulfonamides is 1. The third kappa shape index (κ3) is 4.72. The third-order valence-corrected chi connectivity index (χ3v) is 8.45. The SMILES string of the molecule is COCC1(n2c(NS(=O)(=O)[C@@H](C)[C@H](OC)c3ncc(Cl)cn3)nnc2[C@H]2C[C@H](CO)C2)CC1. The number of aromatic nitrogens is 5. The van der Waals surface area contributed by atoms with E-state index in [0.717, 1.165) is 31.5 Å². The maximum atomic E-state index is 13.3. The summed E-state index contributed by atoms with van der Waals surface area (Å²) >= 11 is 5.85. The lowest BCUT2D eigenvalue weighted by atomic mass is 9.75. The van der Waals surface area contributed by atoms with Gasteiger partial charge in [-0.1, -0.05) is 11.6 Å². The third-order valence-electron chi connectivity index (χ3n) is 6.56. The summed E-state index contributed by atoms with van der Waals surface area (Å²) in [6.45, 7) is 2.09. The quantitative estimate of drug-likeness (QED) is 0.472. The number of aliphatic hydroxyl groups is 1. The minimum Gasteiger partial charge on any atom is -0.396 e. The molecule has 11 nitrogen and oxygen atoms in total. The van der Waals surface area contributed by atoms with Crippen molar-refractivity contribution in [2.75, 3.05) is 32.2 Å². The van der Waals surface area contributed by atoms with Crippen molar-refractivity contribution in [3.8, 4) is 0 Å². The Morgan fingerprint density at radius 1 is 1.27 bits per heavy atom. The van der Waals surface area contributed by atoms with E-state index in [1.165, 1.54) is 26.4 Å². The second kappa shape index (κ2) is 9.41. The fourth-order valence-corrected chi connectivity index (χ4v) is 5.62. The Bertz CT molecular complexity index is 1070. The van der Waals surface area contributed by atoms with E-state index in [4.69, 9.17) is 21.1 Å². The van der Waals surface area contributed by atoms with Crippen LogP contribution in [0.25, 0.3) is 0 Å². The van der Waals surface area contributed by atoms with Gasteiger partial charge in [0.2, 0.25) is 16.0 Å². The van der Waals surface area contributed by atoms with Crippen LogP contribution in [0.2, 0.25) is 5.02 Å². The van der Waals surface area contributed by atoms with Crippen LogP contribution in [0.1, 0.15) is 56.3 Å². The number of anilines is 1. The van der Waals surface area contributed by atoms with Crippen LogP contribution >= 0.6 is 11.6 Å². The Labute approximate surface area is 197 Å². The molecule has 0 saturated heterocycles. The fourth-order valence-electron chi connectivity index (χ4n) is 4.39. The zero-order valence-corrected chi connectivity index (χ0v) is 20.4. The topological polar surface area (TPSA) is 141 Å². The molecule has 2 aliphatic rings. The number of nitrogens with one attached hydrogen (secondary N) is 1. The first-order valence-electron chi connectivity index (χ1n) is 10.8. The van der Waals surface area contributed by atoms with Gasteiger partial charge in [0.1, 0.15) is 17.2 Å². The number of methoxy groups -OCH3 is 2. The standard InChI is InChI=1S/C20H29ClN6O5S/c1-12(16(32-3)17-22-8-15(21)9-23-17)33(29,30)26-19-25-24-18(14-6-13(7-14)10-28)27(19)20(4-5-20)11-31-2/h8-9,12-14,16,28H,4-7,10-11H2,1-3H3,(H,25,26)/t12-,13-,14-,16-/m0/s1. The summed E-state index contributed by atoms with van der Waals surface area (Å²) in [7, 11) is -0.936. The summed E-state index contributed by atoms with van der Waals surface area (Å²) in [5, 5.41) is 17.3. The van der Waals surface area contributed by atoms with Crippen LogP contribution in [0.5, 0.6) is 0 Å². The molecule has 2 atom stereocenters. The normalized spacial score (nSPS) is 23.5. The van der Waals surface area contributed by atoms with Crippen molar-refractivity contribution in [2.45, 2.75) is 55.4 Å². The molecular formula is C20H29ClN6O5S. The Balaban J connectivity index is 1.62. The van der Waals surface area contributed by atoms with Gasteiger partial charge < -0.3 is 14.6 Å². The molecule has 0 amide bonds. The highest BCUT2D eigenvalue weighted by molar-refractivity contribution is 7.93. The first kappa shape index (κ1) is 24.3. The van der Waals surface area contributed by atoms with E-state index in [1.807, 2.05) is 4.57 Å². The molecule has 2 aliphatic carbocycles. The van der Waals surface area contributed by atoms with Crippen molar-refractivity contribution >= 4 is 27.6 Å². The van der Waals surface area contributed by atoms with Gasteiger partial charge in [-0.3, -0.25) is 9.29 Å². The molecule has 2 aromatic heterocycles. The van der Waals surface area contributed by atoms with Crippen molar-refractivity contribution in [2.24, 2.45) is 5.92 Å². The molecular weight excluding hydrogens is 472 g/mol. The summed E-state index contributed by atoms with van der Waals surface area (Å²) in [5.41, 5.74) is -0.376. The highest BCUT2D eigenvalue weighted by Crippen LogP contribution is 2.50. The maximum absolute atomic E-state index is 13.3. The molecule has 0 spiro atoms. The number of hydrogen-bond acceptors (Lipinski definition) is 9. The number of ether oxygens (including phenoxy) is 2. The molecule has 4 rings (SSSR count). The number of aliphatic hydroxyl groups excluding tert-OH is 1. The monoisotopic (exact) mass is 500 g/mol. The number of rotatable bonds is 11.